The third-order valence-electron chi connectivity index (χ3n) is 7.49. The predicted molar refractivity (Wildman–Crippen MR) is 89.6 cm³/mol. The fourth-order valence-corrected chi connectivity index (χ4v) is 6.01. The molecule has 1 fully saturated rings. The zero-order valence-electron chi connectivity index (χ0n) is 14.7. The van der Waals surface area contributed by atoms with E-state index in [9.17, 15) is 9.90 Å². The first-order chi connectivity index (χ1) is 10.3. The molecule has 1 saturated carbocycles. The molecule has 0 bridgehead atoms. The van der Waals surface area contributed by atoms with E-state index in [1.807, 2.05) is 6.92 Å². The second kappa shape index (κ2) is 5.39. The van der Waals surface area contributed by atoms with Crippen LogP contribution in [0, 0.1) is 28.6 Å². The Morgan fingerprint density at radius 1 is 1.18 bits per heavy atom. The van der Waals surface area contributed by atoms with Crippen LogP contribution >= 0.6 is 0 Å². The quantitative estimate of drug-likeness (QED) is 0.691. The summed E-state index contributed by atoms with van der Waals surface area (Å²) >= 11 is 0. The topological polar surface area (TPSA) is 37.3 Å². The average Bonchev–Trinajstić information content (AvgIpc) is 2.46. The Bertz CT molecular complexity index is 504. The van der Waals surface area contributed by atoms with E-state index < -0.39 is 11.4 Å². The number of carboxylic acids is 1. The van der Waals surface area contributed by atoms with Crippen molar-refractivity contribution >= 4 is 5.97 Å². The van der Waals surface area contributed by atoms with Crippen molar-refractivity contribution in [1.82, 2.24) is 0 Å². The number of aliphatic carboxylic acids is 1. The minimum atomic E-state index is -0.566. The summed E-state index contributed by atoms with van der Waals surface area (Å²) in [6.45, 7) is 9.11. The van der Waals surface area contributed by atoms with Crippen molar-refractivity contribution in [1.29, 1.82) is 0 Å². The lowest BCUT2D eigenvalue weighted by Crippen LogP contribution is -2.51. The first-order valence-electron chi connectivity index (χ1n) is 9.24. The molecule has 0 radical (unpaired) electrons. The molecular formula is C20H32O2. The molecule has 1 N–H and O–H groups in total. The summed E-state index contributed by atoms with van der Waals surface area (Å²) in [6, 6.07) is 0. The number of carbonyl (C=O) groups is 1. The number of hydrogen-bond acceptors (Lipinski definition) is 1. The predicted octanol–water partition coefficient (Wildman–Crippen LogP) is 5.43. The van der Waals surface area contributed by atoms with Gasteiger partial charge in [0.05, 0.1) is 5.41 Å². The van der Waals surface area contributed by atoms with Crippen molar-refractivity contribution in [3.8, 4) is 0 Å². The molecule has 0 aliphatic heterocycles. The zero-order valence-corrected chi connectivity index (χ0v) is 14.7. The van der Waals surface area contributed by atoms with Crippen LogP contribution in [0.4, 0.5) is 0 Å². The number of fused-ring (bicyclic) bond motifs is 2. The van der Waals surface area contributed by atoms with Gasteiger partial charge >= 0.3 is 5.97 Å². The van der Waals surface area contributed by atoms with Gasteiger partial charge in [-0.1, -0.05) is 38.3 Å². The maximum atomic E-state index is 12.0. The lowest BCUT2D eigenvalue weighted by atomic mass is 9.48. The second-order valence-electron chi connectivity index (χ2n) is 8.91. The average molecular weight is 304 g/mol. The normalized spacial score (nSPS) is 42.0. The SMILES string of the molecule is CC(C)C1CCC2=C(CCC3[C@](C)(C(=O)O)CCC[C@]23C)C1. The molecule has 0 aromatic rings. The van der Waals surface area contributed by atoms with Gasteiger partial charge < -0.3 is 5.11 Å². The molecule has 3 aliphatic carbocycles. The number of rotatable bonds is 2. The van der Waals surface area contributed by atoms with E-state index >= 15 is 0 Å². The molecule has 124 valence electrons. The maximum absolute atomic E-state index is 12.0. The summed E-state index contributed by atoms with van der Waals surface area (Å²) in [6.07, 6.45) is 9.18. The highest BCUT2D eigenvalue weighted by atomic mass is 16.4. The molecule has 2 heteroatoms. The van der Waals surface area contributed by atoms with Crippen LogP contribution in [0.15, 0.2) is 11.1 Å². The number of allylic oxidation sites excluding steroid dienone is 2. The van der Waals surface area contributed by atoms with E-state index in [0.29, 0.717) is 5.92 Å². The first-order valence-corrected chi connectivity index (χ1v) is 9.24. The fourth-order valence-electron chi connectivity index (χ4n) is 6.01. The van der Waals surface area contributed by atoms with Crippen molar-refractivity contribution in [2.24, 2.45) is 28.6 Å². The Kier molecular flexibility index (Phi) is 3.94. The van der Waals surface area contributed by atoms with Crippen molar-refractivity contribution in [3.63, 3.8) is 0 Å². The van der Waals surface area contributed by atoms with E-state index in [4.69, 9.17) is 0 Å². The Balaban J connectivity index is 1.96. The van der Waals surface area contributed by atoms with Gasteiger partial charge in [-0.3, -0.25) is 4.79 Å². The van der Waals surface area contributed by atoms with Crippen LogP contribution in [0.5, 0.6) is 0 Å². The van der Waals surface area contributed by atoms with Gasteiger partial charge in [0.25, 0.3) is 0 Å². The van der Waals surface area contributed by atoms with Crippen LogP contribution in [-0.2, 0) is 4.79 Å². The van der Waals surface area contributed by atoms with Crippen molar-refractivity contribution in [3.05, 3.63) is 11.1 Å². The summed E-state index contributed by atoms with van der Waals surface area (Å²) in [7, 11) is 0. The van der Waals surface area contributed by atoms with Crippen molar-refractivity contribution < 1.29 is 9.90 Å². The third kappa shape index (κ3) is 2.25. The van der Waals surface area contributed by atoms with Gasteiger partial charge in [-0.25, -0.2) is 0 Å². The molecule has 22 heavy (non-hydrogen) atoms. The fraction of sp³-hybridized carbons (Fsp3) is 0.850. The van der Waals surface area contributed by atoms with Gasteiger partial charge in [0, 0.05) is 0 Å². The minimum absolute atomic E-state index is 0.154. The van der Waals surface area contributed by atoms with Crippen LogP contribution in [0.25, 0.3) is 0 Å². The lowest BCUT2D eigenvalue weighted by Gasteiger charge is -2.56. The summed E-state index contributed by atoms with van der Waals surface area (Å²) in [5.41, 5.74) is 3.02. The highest BCUT2D eigenvalue weighted by Crippen LogP contribution is 2.62. The van der Waals surface area contributed by atoms with E-state index in [1.165, 1.54) is 25.7 Å². The van der Waals surface area contributed by atoms with Crippen LogP contribution in [0.2, 0.25) is 0 Å². The third-order valence-corrected chi connectivity index (χ3v) is 7.49. The van der Waals surface area contributed by atoms with Crippen molar-refractivity contribution in [2.75, 3.05) is 0 Å². The Morgan fingerprint density at radius 2 is 1.91 bits per heavy atom. The summed E-state index contributed by atoms with van der Waals surface area (Å²) in [4.78, 5) is 12.0. The lowest BCUT2D eigenvalue weighted by molar-refractivity contribution is -0.159. The van der Waals surface area contributed by atoms with Gasteiger partial charge in [-0.15, -0.1) is 0 Å². The molecule has 0 amide bonds. The monoisotopic (exact) mass is 304 g/mol. The second-order valence-corrected chi connectivity index (χ2v) is 8.91. The summed E-state index contributed by atoms with van der Waals surface area (Å²) in [5, 5.41) is 9.85. The van der Waals surface area contributed by atoms with Crippen molar-refractivity contribution in [2.45, 2.75) is 79.1 Å². The zero-order chi connectivity index (χ0) is 16.1. The van der Waals surface area contributed by atoms with E-state index in [2.05, 4.69) is 20.8 Å². The standard InChI is InChI=1S/C20H32O2/c1-13(2)14-6-8-16-15(12-14)7-9-17-19(16,3)10-5-11-20(17,4)18(21)22/h13-14,17H,5-12H2,1-4H3,(H,21,22)/t14?,17?,19-,20-/m1/s1. The number of carboxylic acid groups (broad SMARTS) is 1. The molecule has 3 rings (SSSR count). The van der Waals surface area contributed by atoms with Gasteiger partial charge in [-0.05, 0) is 75.0 Å². The summed E-state index contributed by atoms with van der Waals surface area (Å²) in [5.74, 6) is 1.38. The molecule has 4 atom stereocenters. The van der Waals surface area contributed by atoms with E-state index in [1.54, 1.807) is 11.1 Å². The molecule has 0 heterocycles. The molecule has 2 unspecified atom stereocenters. The van der Waals surface area contributed by atoms with Crippen LogP contribution in [0.3, 0.4) is 0 Å². The van der Waals surface area contributed by atoms with Crippen LogP contribution in [-0.4, -0.2) is 11.1 Å². The van der Waals surface area contributed by atoms with Crippen LogP contribution in [0.1, 0.15) is 79.1 Å². The smallest absolute Gasteiger partial charge is 0.309 e. The Labute approximate surface area is 135 Å². The van der Waals surface area contributed by atoms with Crippen LogP contribution < -0.4 is 0 Å². The van der Waals surface area contributed by atoms with Gasteiger partial charge in [0.1, 0.15) is 0 Å². The molecule has 2 nitrogen and oxygen atoms in total. The Hall–Kier alpha value is -0.790. The first kappa shape index (κ1) is 16.1. The van der Waals surface area contributed by atoms with E-state index in [0.717, 1.165) is 37.5 Å². The van der Waals surface area contributed by atoms with Gasteiger partial charge in [-0.2, -0.15) is 0 Å². The Morgan fingerprint density at radius 3 is 2.55 bits per heavy atom. The molecule has 0 spiro atoms. The largest absolute Gasteiger partial charge is 0.481 e. The molecule has 3 aliphatic rings. The minimum Gasteiger partial charge on any atom is -0.481 e. The number of hydrogen-bond donors (Lipinski definition) is 1. The highest BCUT2D eigenvalue weighted by Gasteiger charge is 2.56. The summed E-state index contributed by atoms with van der Waals surface area (Å²) < 4.78 is 0. The molecular weight excluding hydrogens is 272 g/mol. The van der Waals surface area contributed by atoms with Gasteiger partial charge in [0.15, 0.2) is 0 Å². The maximum Gasteiger partial charge on any atom is 0.309 e. The molecule has 0 aromatic heterocycles. The highest BCUT2D eigenvalue weighted by molar-refractivity contribution is 5.75. The molecule has 0 saturated heterocycles. The van der Waals surface area contributed by atoms with Gasteiger partial charge in [0.2, 0.25) is 0 Å². The molecule has 0 aromatic carbocycles. The van der Waals surface area contributed by atoms with E-state index in [-0.39, 0.29) is 5.41 Å².